The van der Waals surface area contributed by atoms with E-state index in [1.165, 1.54) is 0 Å². The van der Waals surface area contributed by atoms with Gasteiger partial charge < -0.3 is 5.32 Å². The highest BCUT2D eigenvalue weighted by atomic mass is 32.2. The molecule has 2 atom stereocenters. The number of benzene rings is 2. The van der Waals surface area contributed by atoms with Gasteiger partial charge in [-0.1, -0.05) is 30.0 Å². The van der Waals surface area contributed by atoms with Gasteiger partial charge >= 0.3 is 0 Å². The molecule has 2 aliphatic rings. The van der Waals surface area contributed by atoms with Crippen LogP contribution >= 0.6 is 11.8 Å². The molecule has 0 aliphatic carbocycles. The minimum absolute atomic E-state index is 0.0232. The van der Waals surface area contributed by atoms with E-state index in [4.69, 9.17) is 0 Å². The fourth-order valence-corrected chi connectivity index (χ4v) is 3.95. The Bertz CT molecular complexity index is 1010. The first-order valence-corrected chi connectivity index (χ1v) is 9.44. The van der Waals surface area contributed by atoms with Gasteiger partial charge in [0.05, 0.1) is 22.7 Å². The third-order valence-corrected chi connectivity index (χ3v) is 5.54. The predicted octanol–water partition coefficient (Wildman–Crippen LogP) is 4.60. The fraction of sp³-hybridized carbons (Fsp3) is 0.211. The Labute approximate surface area is 163 Å². The number of aliphatic imine (C=N–C) groups is 1. The third kappa shape index (κ3) is 3.26. The molecular formula is C19H15F3N4OS. The smallest absolute Gasteiger partial charge is 0.237 e. The fourth-order valence-electron chi connectivity index (χ4n) is 3.03. The maximum absolute atomic E-state index is 13.8. The third-order valence-electron chi connectivity index (χ3n) is 4.48. The van der Waals surface area contributed by atoms with Crippen LogP contribution in [0.4, 0.5) is 24.5 Å². The number of amidine groups is 1. The van der Waals surface area contributed by atoms with Crippen LogP contribution in [0.1, 0.15) is 24.9 Å². The van der Waals surface area contributed by atoms with Crippen molar-refractivity contribution < 1.29 is 18.0 Å². The zero-order valence-electron chi connectivity index (χ0n) is 14.7. The number of thioether (sulfide) groups is 1. The van der Waals surface area contributed by atoms with Crippen LogP contribution in [0.3, 0.4) is 0 Å². The highest BCUT2D eigenvalue weighted by Gasteiger charge is 2.34. The molecule has 5 nitrogen and oxygen atoms in total. The lowest BCUT2D eigenvalue weighted by Gasteiger charge is -2.30. The molecule has 0 spiro atoms. The molecule has 1 amide bonds. The lowest BCUT2D eigenvalue weighted by atomic mass is 10.0. The number of amides is 1. The van der Waals surface area contributed by atoms with Crippen molar-refractivity contribution in [3.05, 3.63) is 59.4 Å². The Kier molecular flexibility index (Phi) is 4.84. The molecule has 144 valence electrons. The van der Waals surface area contributed by atoms with Crippen LogP contribution in [0.25, 0.3) is 0 Å². The van der Waals surface area contributed by atoms with Gasteiger partial charge in [0.1, 0.15) is 0 Å². The van der Waals surface area contributed by atoms with Crippen molar-refractivity contribution in [3.63, 3.8) is 0 Å². The Morgan fingerprint density at radius 2 is 2.00 bits per heavy atom. The van der Waals surface area contributed by atoms with Gasteiger partial charge in [-0.3, -0.25) is 4.79 Å². The minimum Gasteiger partial charge on any atom is -0.323 e. The number of carbonyl (C=O) groups excluding carboxylic acids is 1. The van der Waals surface area contributed by atoms with Gasteiger partial charge in [0.25, 0.3) is 0 Å². The normalized spacial score (nSPS) is 18.4. The van der Waals surface area contributed by atoms with Crippen LogP contribution in [0.15, 0.2) is 46.5 Å². The van der Waals surface area contributed by atoms with E-state index in [-0.39, 0.29) is 6.04 Å². The molecule has 0 unspecified atom stereocenters. The van der Waals surface area contributed by atoms with Crippen molar-refractivity contribution in [2.45, 2.75) is 24.6 Å². The first-order valence-electron chi connectivity index (χ1n) is 8.56. The summed E-state index contributed by atoms with van der Waals surface area (Å²) in [6.45, 7) is 1.62. The summed E-state index contributed by atoms with van der Waals surface area (Å²) >= 11 is 1.16. The first-order chi connectivity index (χ1) is 13.5. The summed E-state index contributed by atoms with van der Waals surface area (Å²) in [4.78, 5) is 17.0. The second-order valence-electron chi connectivity index (χ2n) is 6.32. The number of para-hydroxylation sites is 1. The zero-order chi connectivity index (χ0) is 19.8. The Morgan fingerprint density at radius 1 is 1.21 bits per heavy atom. The monoisotopic (exact) mass is 404 g/mol. The molecule has 4 rings (SSSR count). The lowest BCUT2D eigenvalue weighted by Crippen LogP contribution is -2.32. The van der Waals surface area contributed by atoms with Crippen molar-refractivity contribution >= 4 is 40.4 Å². The number of hydrogen-bond acceptors (Lipinski definition) is 5. The second-order valence-corrected chi connectivity index (χ2v) is 7.63. The summed E-state index contributed by atoms with van der Waals surface area (Å²) in [5.41, 5.74) is 1.46. The van der Waals surface area contributed by atoms with E-state index >= 15 is 0 Å². The second kappa shape index (κ2) is 7.31. The lowest BCUT2D eigenvalue weighted by molar-refractivity contribution is -0.115. The van der Waals surface area contributed by atoms with Crippen LogP contribution < -0.4 is 5.32 Å². The highest BCUT2D eigenvalue weighted by molar-refractivity contribution is 8.14. The van der Waals surface area contributed by atoms with Gasteiger partial charge in [-0.2, -0.15) is 5.10 Å². The maximum Gasteiger partial charge on any atom is 0.237 e. The van der Waals surface area contributed by atoms with Gasteiger partial charge in [0.2, 0.25) is 5.91 Å². The number of anilines is 1. The summed E-state index contributed by atoms with van der Waals surface area (Å²) in [5.74, 6) is -4.93. The summed E-state index contributed by atoms with van der Waals surface area (Å²) in [7, 11) is 0. The molecule has 1 N–H and O–H groups in total. The van der Waals surface area contributed by atoms with Crippen LogP contribution in [-0.2, 0) is 4.79 Å². The van der Waals surface area contributed by atoms with E-state index in [1.807, 2.05) is 24.3 Å². The number of carbonyl (C=O) groups is 1. The molecule has 0 aromatic heterocycles. The Morgan fingerprint density at radius 3 is 2.82 bits per heavy atom. The van der Waals surface area contributed by atoms with E-state index in [0.29, 0.717) is 5.17 Å². The van der Waals surface area contributed by atoms with E-state index in [1.54, 1.807) is 18.1 Å². The molecule has 0 fully saturated rings. The number of hydrazone groups is 1. The van der Waals surface area contributed by atoms with Crippen molar-refractivity contribution in [2.24, 2.45) is 10.1 Å². The number of nitrogens with one attached hydrogen (secondary N) is 1. The average Bonchev–Trinajstić information content (AvgIpc) is 3.19. The highest BCUT2D eigenvalue weighted by Crippen LogP contribution is 2.41. The SMILES string of the molecule is C[C@H](SC1=Nc2ccccc2[C@@H]2CC=NN12)C(=O)Nc1ccc(F)c(F)c1F. The Hall–Kier alpha value is -2.81. The summed E-state index contributed by atoms with van der Waals surface area (Å²) in [5, 5.41) is 8.27. The molecule has 2 aromatic carbocycles. The largest absolute Gasteiger partial charge is 0.323 e. The molecule has 2 aromatic rings. The molecule has 2 heterocycles. The van der Waals surface area contributed by atoms with E-state index in [9.17, 15) is 18.0 Å². The molecule has 0 saturated heterocycles. The summed E-state index contributed by atoms with van der Waals surface area (Å²) < 4.78 is 40.2. The first kappa shape index (κ1) is 18.5. The van der Waals surface area contributed by atoms with Gasteiger partial charge in [-0.25, -0.2) is 23.2 Å². The maximum atomic E-state index is 13.8. The predicted molar refractivity (Wildman–Crippen MR) is 103 cm³/mol. The number of halogens is 3. The van der Waals surface area contributed by atoms with Crippen molar-refractivity contribution in [1.29, 1.82) is 0 Å². The van der Waals surface area contributed by atoms with Crippen molar-refractivity contribution in [3.8, 4) is 0 Å². The molecule has 28 heavy (non-hydrogen) atoms. The van der Waals surface area contributed by atoms with Crippen LogP contribution in [0.2, 0.25) is 0 Å². The number of hydrogen-bond donors (Lipinski definition) is 1. The topological polar surface area (TPSA) is 57.1 Å². The quantitative estimate of drug-likeness (QED) is 0.761. The number of nitrogens with zero attached hydrogens (tertiary/aromatic N) is 3. The van der Waals surface area contributed by atoms with Gasteiger partial charge in [-0.05, 0) is 25.1 Å². The zero-order valence-corrected chi connectivity index (χ0v) is 15.5. The molecule has 0 radical (unpaired) electrons. The molecule has 9 heteroatoms. The van der Waals surface area contributed by atoms with Crippen LogP contribution in [0, 0.1) is 17.5 Å². The van der Waals surface area contributed by atoms with Crippen LogP contribution in [-0.4, -0.2) is 27.5 Å². The van der Waals surface area contributed by atoms with Gasteiger partial charge in [-0.15, -0.1) is 0 Å². The van der Waals surface area contributed by atoms with Crippen molar-refractivity contribution in [2.75, 3.05) is 5.32 Å². The van der Waals surface area contributed by atoms with Crippen molar-refractivity contribution in [1.82, 2.24) is 5.01 Å². The summed E-state index contributed by atoms with van der Waals surface area (Å²) in [6, 6.07) is 9.49. The molecule has 0 saturated carbocycles. The molecular weight excluding hydrogens is 389 g/mol. The standard InChI is InChI=1S/C19H15F3N4OS/c1-10(18(27)24-14-7-6-12(20)16(21)17(14)22)28-19-25-13-5-3-2-4-11(13)15-8-9-23-26(15)19/h2-7,9-10,15H,8H2,1H3,(H,24,27)/t10-,15-/m0/s1. The van der Waals surface area contributed by atoms with E-state index < -0.39 is 34.3 Å². The van der Waals surface area contributed by atoms with Crippen LogP contribution in [0.5, 0.6) is 0 Å². The van der Waals surface area contributed by atoms with Gasteiger partial charge in [0, 0.05) is 18.2 Å². The minimum atomic E-state index is -1.62. The number of fused-ring (bicyclic) bond motifs is 3. The average molecular weight is 404 g/mol. The van der Waals surface area contributed by atoms with E-state index in [0.717, 1.165) is 41.6 Å². The van der Waals surface area contributed by atoms with E-state index in [2.05, 4.69) is 15.4 Å². The number of rotatable bonds is 3. The Balaban J connectivity index is 1.52. The van der Waals surface area contributed by atoms with Gasteiger partial charge in [0.15, 0.2) is 22.6 Å². The molecule has 0 bridgehead atoms. The summed E-state index contributed by atoms with van der Waals surface area (Å²) in [6.07, 6.45) is 2.53. The molecule has 2 aliphatic heterocycles.